The number of nitrogens with one attached hydrogen (secondary N) is 1. The molecule has 0 bridgehead atoms. The molecule has 3 aliphatic rings. The first-order valence-corrected chi connectivity index (χ1v) is 8.84. The molecule has 3 fully saturated rings. The fourth-order valence-corrected chi connectivity index (χ4v) is 4.70. The Morgan fingerprint density at radius 2 is 1.79 bits per heavy atom. The third kappa shape index (κ3) is 3.72. The normalized spacial score (nSPS) is 29.1. The van der Waals surface area contributed by atoms with Crippen molar-refractivity contribution in [3.63, 3.8) is 0 Å². The van der Waals surface area contributed by atoms with Gasteiger partial charge in [-0.1, -0.05) is 44.9 Å². The maximum absolute atomic E-state index is 3.85. The summed E-state index contributed by atoms with van der Waals surface area (Å²) in [5.74, 6) is 1.08. The molecule has 110 valence electrons. The highest BCUT2D eigenvalue weighted by Crippen LogP contribution is 2.31. The van der Waals surface area contributed by atoms with Gasteiger partial charge >= 0.3 is 0 Å². The Bertz CT molecular complexity index is 259. The van der Waals surface area contributed by atoms with Crippen LogP contribution in [0.3, 0.4) is 0 Å². The summed E-state index contributed by atoms with van der Waals surface area (Å²) in [7, 11) is 0. The molecule has 0 aromatic carbocycles. The first-order valence-electron chi connectivity index (χ1n) is 8.84. The smallest absolute Gasteiger partial charge is 0.0309 e. The van der Waals surface area contributed by atoms with Gasteiger partial charge in [-0.2, -0.15) is 0 Å². The molecule has 0 atom stereocenters. The van der Waals surface area contributed by atoms with Crippen LogP contribution in [0.1, 0.15) is 70.6 Å². The van der Waals surface area contributed by atoms with Gasteiger partial charge in [0.2, 0.25) is 0 Å². The molecule has 1 spiro atoms. The largest absolute Gasteiger partial charge is 0.309 e. The summed E-state index contributed by atoms with van der Waals surface area (Å²) in [5.41, 5.74) is 0.504. The van der Waals surface area contributed by atoms with Crippen molar-refractivity contribution in [3.05, 3.63) is 0 Å². The second-order valence-electron chi connectivity index (χ2n) is 7.34. The Morgan fingerprint density at radius 1 is 1.00 bits per heavy atom. The van der Waals surface area contributed by atoms with E-state index in [-0.39, 0.29) is 0 Å². The van der Waals surface area contributed by atoms with Crippen molar-refractivity contribution in [3.8, 4) is 0 Å². The van der Waals surface area contributed by atoms with Gasteiger partial charge < -0.3 is 10.2 Å². The minimum atomic E-state index is 0.504. The Labute approximate surface area is 119 Å². The zero-order valence-corrected chi connectivity index (χ0v) is 12.6. The van der Waals surface area contributed by atoms with E-state index >= 15 is 0 Å². The zero-order valence-electron chi connectivity index (χ0n) is 12.6. The van der Waals surface area contributed by atoms with Crippen LogP contribution in [0, 0.1) is 5.92 Å². The Kier molecular flexibility index (Phi) is 4.81. The van der Waals surface area contributed by atoms with Crippen LogP contribution in [0.2, 0.25) is 0 Å². The highest BCUT2D eigenvalue weighted by Gasteiger charge is 2.35. The lowest BCUT2D eigenvalue weighted by atomic mass is 9.80. The lowest BCUT2D eigenvalue weighted by Crippen LogP contribution is -2.61. The summed E-state index contributed by atoms with van der Waals surface area (Å²) in [4.78, 5) is 2.76. The molecule has 0 amide bonds. The lowest BCUT2D eigenvalue weighted by Gasteiger charge is -2.46. The molecular weight excluding hydrogens is 232 g/mol. The van der Waals surface area contributed by atoms with E-state index in [1.807, 2.05) is 0 Å². The summed E-state index contributed by atoms with van der Waals surface area (Å²) in [6, 6.07) is 0. The molecule has 0 aromatic rings. The molecule has 1 N–H and O–H groups in total. The lowest BCUT2D eigenvalue weighted by molar-refractivity contribution is 0.0972. The Hall–Kier alpha value is -0.0800. The number of rotatable bonds is 4. The van der Waals surface area contributed by atoms with Crippen LogP contribution in [0.15, 0.2) is 0 Å². The van der Waals surface area contributed by atoms with E-state index in [1.165, 1.54) is 96.8 Å². The fraction of sp³-hybridized carbons (Fsp3) is 1.00. The number of nitrogens with zero attached hydrogens (tertiary/aromatic N) is 1. The maximum Gasteiger partial charge on any atom is 0.0309 e. The van der Waals surface area contributed by atoms with Gasteiger partial charge in [0.15, 0.2) is 0 Å². The minimum Gasteiger partial charge on any atom is -0.309 e. The van der Waals surface area contributed by atoms with Gasteiger partial charge in [0.1, 0.15) is 0 Å². The van der Waals surface area contributed by atoms with Gasteiger partial charge in [0.25, 0.3) is 0 Å². The summed E-state index contributed by atoms with van der Waals surface area (Å²) in [5, 5.41) is 3.85. The molecular formula is C17H32N2. The van der Waals surface area contributed by atoms with E-state index < -0.39 is 0 Å². The molecule has 0 aromatic heterocycles. The van der Waals surface area contributed by atoms with Crippen molar-refractivity contribution in [2.45, 2.75) is 76.2 Å². The van der Waals surface area contributed by atoms with E-state index in [4.69, 9.17) is 0 Å². The minimum absolute atomic E-state index is 0.504. The molecule has 2 saturated carbocycles. The first kappa shape index (κ1) is 13.9. The number of piperazine rings is 1. The average molecular weight is 264 g/mol. The predicted molar refractivity (Wildman–Crippen MR) is 81.5 cm³/mol. The van der Waals surface area contributed by atoms with Crippen molar-refractivity contribution in [2.75, 3.05) is 26.2 Å². The molecule has 0 unspecified atom stereocenters. The number of hydrogen-bond acceptors (Lipinski definition) is 2. The highest BCUT2D eigenvalue weighted by molar-refractivity contribution is 4.96. The van der Waals surface area contributed by atoms with E-state index in [0.29, 0.717) is 5.54 Å². The van der Waals surface area contributed by atoms with Gasteiger partial charge in [-0.15, -0.1) is 0 Å². The van der Waals surface area contributed by atoms with Crippen LogP contribution in [-0.2, 0) is 0 Å². The van der Waals surface area contributed by atoms with Gasteiger partial charge in [-0.05, 0) is 38.1 Å². The van der Waals surface area contributed by atoms with Gasteiger partial charge in [-0.3, -0.25) is 0 Å². The third-order valence-corrected chi connectivity index (χ3v) is 5.83. The van der Waals surface area contributed by atoms with Crippen LogP contribution in [0.25, 0.3) is 0 Å². The molecule has 19 heavy (non-hydrogen) atoms. The third-order valence-electron chi connectivity index (χ3n) is 5.83. The Morgan fingerprint density at radius 3 is 2.58 bits per heavy atom. The maximum atomic E-state index is 3.85. The monoisotopic (exact) mass is 264 g/mol. The zero-order chi connectivity index (χ0) is 13.0. The van der Waals surface area contributed by atoms with Crippen LogP contribution < -0.4 is 5.32 Å². The second kappa shape index (κ2) is 6.58. The average Bonchev–Trinajstić information content (AvgIpc) is 2.93. The quantitative estimate of drug-likeness (QED) is 0.835. The van der Waals surface area contributed by atoms with E-state index in [1.54, 1.807) is 0 Å². The molecule has 1 aliphatic heterocycles. The van der Waals surface area contributed by atoms with E-state index in [9.17, 15) is 0 Å². The molecule has 2 aliphatic carbocycles. The van der Waals surface area contributed by atoms with Gasteiger partial charge in [0.05, 0.1) is 0 Å². The topological polar surface area (TPSA) is 15.3 Å². The van der Waals surface area contributed by atoms with Crippen molar-refractivity contribution >= 4 is 0 Å². The molecule has 3 rings (SSSR count). The summed E-state index contributed by atoms with van der Waals surface area (Å²) in [6.45, 7) is 5.20. The predicted octanol–water partition coefficient (Wildman–Crippen LogP) is 3.56. The number of hydrogen-bond donors (Lipinski definition) is 1. The second-order valence-corrected chi connectivity index (χ2v) is 7.34. The standard InChI is InChI=1S/C17H32N2/c1-4-10-17(11-5-1)15-19(14-12-18-17)13-6-9-16-7-2-3-8-16/h16,18H,1-15H2. The van der Waals surface area contributed by atoms with Crippen molar-refractivity contribution in [2.24, 2.45) is 5.92 Å². The SMILES string of the molecule is C1CCC2(CC1)CN(CCCC1CCCC1)CCN2. The van der Waals surface area contributed by atoms with E-state index in [2.05, 4.69) is 10.2 Å². The summed E-state index contributed by atoms with van der Waals surface area (Å²) < 4.78 is 0. The highest BCUT2D eigenvalue weighted by atomic mass is 15.2. The van der Waals surface area contributed by atoms with Gasteiger partial charge in [0, 0.05) is 25.2 Å². The van der Waals surface area contributed by atoms with Crippen LogP contribution in [0.5, 0.6) is 0 Å². The van der Waals surface area contributed by atoms with Crippen molar-refractivity contribution in [1.82, 2.24) is 10.2 Å². The molecule has 0 radical (unpaired) electrons. The van der Waals surface area contributed by atoms with Crippen molar-refractivity contribution in [1.29, 1.82) is 0 Å². The van der Waals surface area contributed by atoms with Crippen LogP contribution in [-0.4, -0.2) is 36.6 Å². The first-order chi connectivity index (χ1) is 9.36. The molecule has 1 heterocycles. The van der Waals surface area contributed by atoms with Crippen LogP contribution in [0.4, 0.5) is 0 Å². The van der Waals surface area contributed by atoms with Crippen molar-refractivity contribution < 1.29 is 0 Å². The molecule has 1 saturated heterocycles. The molecule has 2 nitrogen and oxygen atoms in total. The van der Waals surface area contributed by atoms with Gasteiger partial charge in [-0.25, -0.2) is 0 Å². The fourth-order valence-electron chi connectivity index (χ4n) is 4.70. The summed E-state index contributed by atoms with van der Waals surface area (Å²) in [6.07, 6.45) is 16.2. The Balaban J connectivity index is 1.40. The van der Waals surface area contributed by atoms with E-state index in [0.717, 1.165) is 5.92 Å². The molecule has 2 heteroatoms. The summed E-state index contributed by atoms with van der Waals surface area (Å²) >= 11 is 0. The van der Waals surface area contributed by atoms with Crippen LogP contribution >= 0.6 is 0 Å².